The summed E-state index contributed by atoms with van der Waals surface area (Å²) in [5, 5.41) is 6.11. The summed E-state index contributed by atoms with van der Waals surface area (Å²) in [4.78, 5) is 0. The first-order valence-corrected chi connectivity index (χ1v) is 8.83. The average molecular weight is 426 g/mol. The Labute approximate surface area is 166 Å². The highest BCUT2D eigenvalue weighted by Crippen LogP contribution is 2.43. The molecule has 2 aromatic heterocycles. The summed E-state index contributed by atoms with van der Waals surface area (Å²) in [5.41, 5.74) is 0.746. The molecule has 0 aliphatic carbocycles. The summed E-state index contributed by atoms with van der Waals surface area (Å²) in [5.74, 6) is -4.97. The maximum Gasteiger partial charge on any atom is 0.458 e. The number of hydrogen-bond acceptors (Lipinski definition) is 1. The SMILES string of the molecule is Cc1cc(-n2cc(C(F)(F)C(F)(F)F)cn2)ccc1-n1cc2cccc(Cl)c2c1. The van der Waals surface area contributed by atoms with Crippen LogP contribution in [0.4, 0.5) is 22.0 Å². The number of halogens is 6. The van der Waals surface area contributed by atoms with Crippen LogP contribution in [-0.2, 0) is 5.92 Å². The fraction of sp³-hybridized carbons (Fsp3) is 0.150. The lowest BCUT2D eigenvalue weighted by atomic mass is 10.1. The van der Waals surface area contributed by atoms with Gasteiger partial charge < -0.3 is 4.57 Å². The van der Waals surface area contributed by atoms with E-state index in [-0.39, 0.29) is 0 Å². The van der Waals surface area contributed by atoms with Crippen LogP contribution in [0.5, 0.6) is 0 Å². The molecule has 29 heavy (non-hydrogen) atoms. The largest absolute Gasteiger partial charge is 0.458 e. The zero-order chi connectivity index (χ0) is 21.0. The van der Waals surface area contributed by atoms with E-state index >= 15 is 0 Å². The molecular weight excluding hydrogens is 413 g/mol. The Kier molecular flexibility index (Phi) is 4.42. The Balaban J connectivity index is 1.70. The number of nitrogens with zero attached hydrogens (tertiary/aromatic N) is 3. The molecule has 3 nitrogen and oxygen atoms in total. The maximum absolute atomic E-state index is 13.5. The Morgan fingerprint density at radius 3 is 2.38 bits per heavy atom. The molecule has 2 aromatic carbocycles. The maximum atomic E-state index is 13.5. The molecule has 2 heterocycles. The molecule has 0 bridgehead atoms. The first-order valence-electron chi connectivity index (χ1n) is 8.45. The second-order valence-electron chi connectivity index (χ2n) is 6.62. The van der Waals surface area contributed by atoms with Gasteiger partial charge in [-0.2, -0.15) is 27.1 Å². The predicted octanol–water partition coefficient (Wildman–Crippen LogP) is 6.43. The average Bonchev–Trinajstić information content (AvgIpc) is 3.29. The summed E-state index contributed by atoms with van der Waals surface area (Å²) in [7, 11) is 0. The van der Waals surface area contributed by atoms with Crippen LogP contribution in [0.15, 0.2) is 61.2 Å². The van der Waals surface area contributed by atoms with Crippen LogP contribution in [0, 0.1) is 6.92 Å². The molecule has 9 heteroatoms. The highest BCUT2D eigenvalue weighted by molar-refractivity contribution is 6.35. The van der Waals surface area contributed by atoms with Crippen molar-refractivity contribution in [2.24, 2.45) is 0 Å². The van der Waals surface area contributed by atoms with Crippen LogP contribution < -0.4 is 0 Å². The van der Waals surface area contributed by atoms with E-state index in [1.807, 2.05) is 29.1 Å². The van der Waals surface area contributed by atoms with Crippen molar-refractivity contribution in [2.45, 2.75) is 19.0 Å². The minimum atomic E-state index is -5.68. The molecular formula is C20H13ClF5N3. The summed E-state index contributed by atoms with van der Waals surface area (Å²) in [6.45, 7) is 1.81. The molecule has 0 saturated carbocycles. The number of alkyl halides is 5. The van der Waals surface area contributed by atoms with E-state index < -0.39 is 17.7 Å². The van der Waals surface area contributed by atoms with Crippen LogP contribution in [0.2, 0.25) is 5.02 Å². The number of aryl methyl sites for hydroxylation is 1. The number of benzene rings is 2. The zero-order valence-corrected chi connectivity index (χ0v) is 15.6. The molecule has 4 rings (SSSR count). The van der Waals surface area contributed by atoms with Gasteiger partial charge in [0.2, 0.25) is 0 Å². The van der Waals surface area contributed by atoms with E-state index in [0.717, 1.165) is 26.7 Å². The lowest BCUT2D eigenvalue weighted by Crippen LogP contribution is -2.33. The van der Waals surface area contributed by atoms with E-state index in [1.54, 1.807) is 31.2 Å². The number of fused-ring (bicyclic) bond motifs is 1. The van der Waals surface area contributed by atoms with Crippen molar-refractivity contribution < 1.29 is 22.0 Å². The van der Waals surface area contributed by atoms with Gasteiger partial charge in [-0.3, -0.25) is 0 Å². The van der Waals surface area contributed by atoms with Gasteiger partial charge >= 0.3 is 12.1 Å². The van der Waals surface area contributed by atoms with Gasteiger partial charge in [0.25, 0.3) is 0 Å². The van der Waals surface area contributed by atoms with Crippen molar-refractivity contribution in [2.75, 3.05) is 0 Å². The Hall–Kier alpha value is -2.87. The topological polar surface area (TPSA) is 22.8 Å². The van der Waals surface area contributed by atoms with Gasteiger partial charge in [0.05, 0.1) is 17.4 Å². The molecule has 4 aromatic rings. The molecule has 0 unspecified atom stereocenters. The molecule has 0 aliphatic rings. The van der Waals surface area contributed by atoms with E-state index in [1.165, 1.54) is 0 Å². The third kappa shape index (κ3) is 3.27. The lowest BCUT2D eigenvalue weighted by molar-refractivity contribution is -0.289. The fourth-order valence-corrected chi connectivity index (χ4v) is 3.36. The number of hydrogen-bond donors (Lipinski definition) is 0. The smallest absolute Gasteiger partial charge is 0.322 e. The third-order valence-electron chi connectivity index (χ3n) is 4.66. The summed E-state index contributed by atoms with van der Waals surface area (Å²) in [6.07, 6.45) is -0.698. The van der Waals surface area contributed by atoms with Crippen LogP contribution in [-0.4, -0.2) is 20.5 Å². The van der Waals surface area contributed by atoms with Crippen LogP contribution in [0.3, 0.4) is 0 Å². The molecule has 0 N–H and O–H groups in total. The summed E-state index contributed by atoms with van der Waals surface area (Å²) >= 11 is 6.21. The van der Waals surface area contributed by atoms with Gasteiger partial charge in [-0.05, 0) is 36.8 Å². The van der Waals surface area contributed by atoms with Gasteiger partial charge in [0, 0.05) is 40.1 Å². The number of aromatic nitrogens is 3. The van der Waals surface area contributed by atoms with Crippen LogP contribution >= 0.6 is 11.6 Å². The van der Waals surface area contributed by atoms with Crippen molar-refractivity contribution in [1.82, 2.24) is 14.3 Å². The molecule has 150 valence electrons. The Morgan fingerprint density at radius 1 is 0.966 bits per heavy atom. The first kappa shape index (κ1) is 19.4. The van der Waals surface area contributed by atoms with Gasteiger partial charge in [-0.25, -0.2) is 4.68 Å². The monoisotopic (exact) mass is 425 g/mol. The molecule has 0 fully saturated rings. The van der Waals surface area contributed by atoms with E-state index in [2.05, 4.69) is 5.10 Å². The number of rotatable bonds is 3. The van der Waals surface area contributed by atoms with E-state index in [4.69, 9.17) is 11.6 Å². The normalized spacial score (nSPS) is 12.7. The Bertz CT molecular complexity index is 1210. The Morgan fingerprint density at radius 2 is 1.72 bits per heavy atom. The van der Waals surface area contributed by atoms with Crippen LogP contribution in [0.1, 0.15) is 11.1 Å². The van der Waals surface area contributed by atoms with Crippen molar-refractivity contribution in [1.29, 1.82) is 0 Å². The van der Waals surface area contributed by atoms with Crippen LogP contribution in [0.25, 0.3) is 22.1 Å². The fourth-order valence-electron chi connectivity index (χ4n) is 3.13. The summed E-state index contributed by atoms with van der Waals surface area (Å²) < 4.78 is 67.5. The minimum Gasteiger partial charge on any atom is -0.322 e. The highest BCUT2D eigenvalue weighted by Gasteiger charge is 2.59. The van der Waals surface area contributed by atoms with Gasteiger partial charge in [-0.15, -0.1) is 0 Å². The van der Waals surface area contributed by atoms with Crippen molar-refractivity contribution in [3.63, 3.8) is 0 Å². The van der Waals surface area contributed by atoms with Crippen molar-refractivity contribution in [3.8, 4) is 11.4 Å². The highest BCUT2D eigenvalue weighted by atomic mass is 35.5. The minimum absolute atomic E-state index is 0.366. The van der Waals surface area contributed by atoms with Gasteiger partial charge in [-0.1, -0.05) is 23.7 Å². The first-order chi connectivity index (χ1) is 13.6. The quantitative estimate of drug-likeness (QED) is 0.347. The van der Waals surface area contributed by atoms with E-state index in [0.29, 0.717) is 23.1 Å². The molecule has 0 atom stereocenters. The second kappa shape index (κ2) is 6.59. The predicted molar refractivity (Wildman–Crippen MR) is 100 cm³/mol. The third-order valence-corrected chi connectivity index (χ3v) is 4.99. The van der Waals surface area contributed by atoms with E-state index in [9.17, 15) is 22.0 Å². The van der Waals surface area contributed by atoms with Crippen molar-refractivity contribution >= 4 is 22.4 Å². The van der Waals surface area contributed by atoms with Gasteiger partial charge in [0.15, 0.2) is 0 Å². The molecule has 0 saturated heterocycles. The van der Waals surface area contributed by atoms with Gasteiger partial charge in [0.1, 0.15) is 0 Å². The standard InChI is InChI=1S/C20H13ClF5N3/c1-12-7-15(29-10-14(8-27-29)19(22,23)20(24,25)26)5-6-18(12)28-9-13-3-2-4-17(21)16(13)11-28/h2-11H,1H3. The van der Waals surface area contributed by atoms with Crippen molar-refractivity contribution in [3.05, 3.63) is 77.3 Å². The molecule has 0 aliphatic heterocycles. The summed E-state index contributed by atoms with van der Waals surface area (Å²) in [6, 6.07) is 10.5. The molecule has 0 radical (unpaired) electrons. The second-order valence-corrected chi connectivity index (χ2v) is 7.03. The molecule has 0 spiro atoms. The lowest BCUT2D eigenvalue weighted by Gasteiger charge is -2.17. The zero-order valence-electron chi connectivity index (χ0n) is 14.9. The molecule has 0 amide bonds.